The van der Waals surface area contributed by atoms with Gasteiger partial charge < -0.3 is 4.98 Å². The minimum atomic E-state index is 0.784. The first-order chi connectivity index (χ1) is 8.33. The van der Waals surface area contributed by atoms with Crippen LogP contribution in [0, 0.1) is 0 Å². The number of hydrogen-bond donors (Lipinski definition) is 1. The van der Waals surface area contributed by atoms with Crippen molar-refractivity contribution in [3.05, 3.63) is 55.4 Å². The van der Waals surface area contributed by atoms with E-state index in [1.165, 1.54) is 0 Å². The number of nitrogens with one attached hydrogen (secondary N) is 1. The van der Waals surface area contributed by atoms with E-state index in [-0.39, 0.29) is 0 Å². The van der Waals surface area contributed by atoms with Crippen LogP contribution in [0.25, 0.3) is 11.0 Å². The van der Waals surface area contributed by atoms with Gasteiger partial charge in [0.05, 0.1) is 17.6 Å². The summed E-state index contributed by atoms with van der Waals surface area (Å²) in [5.74, 6) is 0.981. The van der Waals surface area contributed by atoms with E-state index >= 15 is 0 Å². The topological polar surface area (TPSA) is 31.9 Å². The van der Waals surface area contributed by atoms with Crippen LogP contribution in [-0.2, 0) is 6.54 Å². The van der Waals surface area contributed by atoms with E-state index in [1.54, 1.807) is 0 Å². The molecule has 0 fully saturated rings. The molecule has 0 spiro atoms. The zero-order valence-electron chi connectivity index (χ0n) is 9.89. The second kappa shape index (κ2) is 5.46. The molecule has 3 nitrogen and oxygen atoms in total. The summed E-state index contributed by atoms with van der Waals surface area (Å²) in [6.45, 7) is 9.98. The summed E-state index contributed by atoms with van der Waals surface area (Å²) in [7, 11) is 0. The van der Waals surface area contributed by atoms with Crippen LogP contribution in [0.3, 0.4) is 0 Å². The summed E-state index contributed by atoms with van der Waals surface area (Å²) < 4.78 is 0. The Kier molecular flexibility index (Phi) is 3.73. The number of para-hydroxylation sites is 2. The molecule has 0 saturated heterocycles. The van der Waals surface area contributed by atoms with Crippen LogP contribution in [0.1, 0.15) is 5.82 Å². The van der Waals surface area contributed by atoms with E-state index in [1.807, 2.05) is 36.4 Å². The van der Waals surface area contributed by atoms with Crippen molar-refractivity contribution in [2.45, 2.75) is 6.54 Å². The first-order valence-electron chi connectivity index (χ1n) is 5.71. The summed E-state index contributed by atoms with van der Waals surface area (Å²) in [6, 6.07) is 8.06. The van der Waals surface area contributed by atoms with Gasteiger partial charge in [-0.05, 0) is 12.1 Å². The van der Waals surface area contributed by atoms with Gasteiger partial charge in [0, 0.05) is 13.1 Å². The molecule has 1 aromatic heterocycles. The fourth-order valence-corrected chi connectivity index (χ4v) is 1.86. The molecule has 0 aliphatic rings. The van der Waals surface area contributed by atoms with Gasteiger partial charge in [-0.15, -0.1) is 13.2 Å². The van der Waals surface area contributed by atoms with Crippen LogP contribution in [0.5, 0.6) is 0 Å². The van der Waals surface area contributed by atoms with Crippen molar-refractivity contribution in [3.8, 4) is 0 Å². The van der Waals surface area contributed by atoms with Crippen molar-refractivity contribution in [2.75, 3.05) is 13.1 Å². The van der Waals surface area contributed by atoms with Crippen LogP contribution in [0.4, 0.5) is 0 Å². The Morgan fingerprint density at radius 2 is 1.88 bits per heavy atom. The van der Waals surface area contributed by atoms with Gasteiger partial charge in [0.1, 0.15) is 5.82 Å². The maximum Gasteiger partial charge on any atom is 0.121 e. The standard InChI is InChI=1S/C14H17N3/c1-3-9-17(10-4-2)11-14-15-12-7-5-6-8-13(12)16-14/h3-8H,1-2,9-11H2,(H,15,16). The predicted octanol–water partition coefficient (Wildman–Crippen LogP) is 2.74. The first-order valence-corrected chi connectivity index (χ1v) is 5.71. The Balaban J connectivity index is 2.15. The highest BCUT2D eigenvalue weighted by atomic mass is 15.1. The Bertz CT molecular complexity index is 470. The van der Waals surface area contributed by atoms with Crippen LogP contribution in [0.2, 0.25) is 0 Å². The predicted molar refractivity (Wildman–Crippen MR) is 71.8 cm³/mol. The first kappa shape index (κ1) is 11.6. The van der Waals surface area contributed by atoms with Gasteiger partial charge in [-0.1, -0.05) is 24.3 Å². The van der Waals surface area contributed by atoms with Gasteiger partial charge in [-0.25, -0.2) is 4.98 Å². The SMILES string of the molecule is C=CCN(CC=C)Cc1nc2ccccc2[nH]1. The van der Waals surface area contributed by atoms with Crippen LogP contribution >= 0.6 is 0 Å². The molecule has 0 aliphatic heterocycles. The third-order valence-corrected chi connectivity index (χ3v) is 2.59. The highest BCUT2D eigenvalue weighted by Crippen LogP contribution is 2.11. The number of imidazole rings is 1. The molecule has 0 unspecified atom stereocenters. The molecule has 0 atom stereocenters. The highest BCUT2D eigenvalue weighted by molar-refractivity contribution is 5.74. The van der Waals surface area contributed by atoms with E-state index in [0.29, 0.717) is 0 Å². The molecule has 2 aromatic rings. The summed E-state index contributed by atoms with van der Waals surface area (Å²) in [5.41, 5.74) is 2.10. The number of aromatic nitrogens is 2. The Morgan fingerprint density at radius 1 is 1.18 bits per heavy atom. The molecule has 0 aliphatic carbocycles. The Morgan fingerprint density at radius 3 is 2.53 bits per heavy atom. The van der Waals surface area contributed by atoms with E-state index in [0.717, 1.165) is 36.5 Å². The monoisotopic (exact) mass is 227 g/mol. The normalized spacial score (nSPS) is 10.9. The lowest BCUT2D eigenvalue weighted by Crippen LogP contribution is -2.23. The molecule has 17 heavy (non-hydrogen) atoms. The van der Waals surface area contributed by atoms with E-state index in [2.05, 4.69) is 28.0 Å². The number of benzene rings is 1. The fraction of sp³-hybridized carbons (Fsp3) is 0.214. The van der Waals surface area contributed by atoms with Crippen molar-refractivity contribution in [1.29, 1.82) is 0 Å². The van der Waals surface area contributed by atoms with Gasteiger partial charge in [0.15, 0.2) is 0 Å². The van der Waals surface area contributed by atoms with E-state index in [9.17, 15) is 0 Å². The minimum absolute atomic E-state index is 0.784. The molecule has 3 heteroatoms. The molecule has 0 amide bonds. The molecular formula is C14H17N3. The highest BCUT2D eigenvalue weighted by Gasteiger charge is 2.06. The van der Waals surface area contributed by atoms with E-state index < -0.39 is 0 Å². The smallest absolute Gasteiger partial charge is 0.121 e. The molecule has 0 bridgehead atoms. The zero-order chi connectivity index (χ0) is 12.1. The average Bonchev–Trinajstić information content (AvgIpc) is 2.71. The molecule has 88 valence electrons. The van der Waals surface area contributed by atoms with Gasteiger partial charge in [0.25, 0.3) is 0 Å². The molecule has 1 heterocycles. The largest absolute Gasteiger partial charge is 0.341 e. The van der Waals surface area contributed by atoms with Crippen molar-refractivity contribution in [3.63, 3.8) is 0 Å². The quantitative estimate of drug-likeness (QED) is 0.769. The lowest BCUT2D eigenvalue weighted by Gasteiger charge is -2.16. The summed E-state index contributed by atoms with van der Waals surface area (Å²) in [5, 5.41) is 0. The second-order valence-electron chi connectivity index (χ2n) is 3.97. The fourth-order valence-electron chi connectivity index (χ4n) is 1.86. The number of rotatable bonds is 6. The van der Waals surface area contributed by atoms with Crippen LogP contribution in [0.15, 0.2) is 49.6 Å². The number of hydrogen-bond acceptors (Lipinski definition) is 2. The minimum Gasteiger partial charge on any atom is -0.341 e. The van der Waals surface area contributed by atoms with Crippen LogP contribution in [-0.4, -0.2) is 28.0 Å². The number of H-pyrrole nitrogens is 1. The average molecular weight is 227 g/mol. The molecule has 1 aromatic carbocycles. The second-order valence-corrected chi connectivity index (χ2v) is 3.97. The van der Waals surface area contributed by atoms with Crippen LogP contribution < -0.4 is 0 Å². The summed E-state index contributed by atoms with van der Waals surface area (Å²) >= 11 is 0. The van der Waals surface area contributed by atoms with Crippen molar-refractivity contribution < 1.29 is 0 Å². The molecule has 0 saturated carbocycles. The lowest BCUT2D eigenvalue weighted by atomic mass is 10.3. The molecule has 2 rings (SSSR count). The maximum absolute atomic E-state index is 4.55. The van der Waals surface area contributed by atoms with Crippen molar-refractivity contribution >= 4 is 11.0 Å². The number of aromatic amines is 1. The third kappa shape index (κ3) is 2.82. The summed E-state index contributed by atoms with van der Waals surface area (Å²) in [4.78, 5) is 10.1. The number of nitrogens with zero attached hydrogens (tertiary/aromatic N) is 2. The zero-order valence-corrected chi connectivity index (χ0v) is 9.89. The Labute approximate surface area is 101 Å². The third-order valence-electron chi connectivity index (χ3n) is 2.59. The van der Waals surface area contributed by atoms with Gasteiger partial charge in [-0.3, -0.25) is 4.90 Å². The lowest BCUT2D eigenvalue weighted by molar-refractivity contribution is 0.320. The molecule has 1 N–H and O–H groups in total. The van der Waals surface area contributed by atoms with Gasteiger partial charge in [-0.2, -0.15) is 0 Å². The van der Waals surface area contributed by atoms with Crippen molar-refractivity contribution in [2.24, 2.45) is 0 Å². The number of fused-ring (bicyclic) bond motifs is 1. The van der Waals surface area contributed by atoms with E-state index in [4.69, 9.17) is 0 Å². The Hall–Kier alpha value is -1.87. The molecular weight excluding hydrogens is 210 g/mol. The van der Waals surface area contributed by atoms with Gasteiger partial charge in [0.2, 0.25) is 0 Å². The molecule has 0 radical (unpaired) electrons. The maximum atomic E-state index is 4.55. The van der Waals surface area contributed by atoms with Crippen molar-refractivity contribution in [1.82, 2.24) is 14.9 Å². The van der Waals surface area contributed by atoms with Gasteiger partial charge >= 0.3 is 0 Å². The summed E-state index contributed by atoms with van der Waals surface area (Å²) in [6.07, 6.45) is 3.79.